The molecule has 2 aliphatic rings. The summed E-state index contributed by atoms with van der Waals surface area (Å²) < 4.78 is 17.0. The highest BCUT2D eigenvalue weighted by molar-refractivity contribution is 6.05. The van der Waals surface area contributed by atoms with Gasteiger partial charge in [-0.2, -0.15) is 4.98 Å². The number of benzene rings is 2. The van der Waals surface area contributed by atoms with Crippen LogP contribution in [0.4, 0.5) is 17.4 Å². The summed E-state index contributed by atoms with van der Waals surface area (Å²) in [4.78, 5) is 21.7. The van der Waals surface area contributed by atoms with Crippen LogP contribution in [0.3, 0.4) is 0 Å². The Morgan fingerprint density at radius 2 is 2.00 bits per heavy atom. The number of fused-ring (bicyclic) bond motifs is 2. The number of rotatable bonds is 4. The van der Waals surface area contributed by atoms with Gasteiger partial charge < -0.3 is 29.0 Å². The number of nitrogens with zero attached hydrogens (tertiary/aromatic N) is 3. The Balaban J connectivity index is 1.32. The molecule has 31 heavy (non-hydrogen) atoms. The fraction of sp³-hybridized carbons (Fsp3) is 0.391. The second-order valence-electron chi connectivity index (χ2n) is 8.01. The molecule has 1 amide bonds. The van der Waals surface area contributed by atoms with Crippen LogP contribution in [0.1, 0.15) is 23.2 Å². The number of carbonyl (C=O) groups excluding carboxylic acids is 1. The normalized spacial score (nSPS) is 16.8. The fourth-order valence-electron chi connectivity index (χ4n) is 4.11. The SMILES string of the molecule is COC1CCN(c2nc3cc(NC(=O)c4ccc5c(c4)N(C)CCO5)ccc3o2)CC1. The standard InChI is InChI=1S/C23H26N4O4/c1-26-11-12-30-21-5-3-15(13-19(21)26)22(28)24-16-4-6-20-18(14-16)25-23(31-20)27-9-7-17(29-2)8-10-27/h3-6,13-14,17H,7-12H2,1-2H3,(H,24,28). The molecular formula is C23H26N4O4. The number of methoxy groups -OCH3 is 1. The van der Waals surface area contributed by atoms with Gasteiger partial charge in [0.1, 0.15) is 17.9 Å². The second kappa shape index (κ2) is 8.11. The van der Waals surface area contributed by atoms with Crippen molar-refractivity contribution in [3.63, 3.8) is 0 Å². The van der Waals surface area contributed by atoms with Gasteiger partial charge in [-0.1, -0.05) is 0 Å². The van der Waals surface area contributed by atoms with Crippen LogP contribution in [0.25, 0.3) is 11.1 Å². The molecule has 0 radical (unpaired) electrons. The first kappa shape index (κ1) is 19.7. The number of oxazole rings is 1. The van der Waals surface area contributed by atoms with Gasteiger partial charge in [-0.3, -0.25) is 4.79 Å². The maximum Gasteiger partial charge on any atom is 0.298 e. The average molecular weight is 422 g/mol. The monoisotopic (exact) mass is 422 g/mol. The van der Waals surface area contributed by atoms with Gasteiger partial charge in [0, 0.05) is 38.5 Å². The predicted molar refractivity (Wildman–Crippen MR) is 119 cm³/mol. The number of carbonyl (C=O) groups is 1. The molecule has 0 spiro atoms. The number of hydrogen-bond donors (Lipinski definition) is 1. The zero-order valence-electron chi connectivity index (χ0n) is 17.8. The number of likely N-dealkylation sites (N-methyl/N-ethyl adjacent to an activating group) is 1. The largest absolute Gasteiger partial charge is 0.490 e. The van der Waals surface area contributed by atoms with E-state index in [2.05, 4.69) is 20.1 Å². The van der Waals surface area contributed by atoms with E-state index < -0.39 is 0 Å². The van der Waals surface area contributed by atoms with Crippen LogP contribution in [-0.2, 0) is 4.74 Å². The Hall–Kier alpha value is -3.26. The molecule has 3 aromatic rings. The number of amides is 1. The van der Waals surface area contributed by atoms with Crippen LogP contribution in [-0.4, -0.2) is 57.4 Å². The molecule has 1 aromatic heterocycles. The van der Waals surface area contributed by atoms with E-state index in [9.17, 15) is 4.79 Å². The molecule has 1 fully saturated rings. The van der Waals surface area contributed by atoms with Crippen molar-refractivity contribution in [1.82, 2.24) is 4.98 Å². The van der Waals surface area contributed by atoms with Gasteiger partial charge in [0.05, 0.1) is 18.3 Å². The van der Waals surface area contributed by atoms with E-state index in [0.717, 1.165) is 49.4 Å². The molecule has 3 heterocycles. The number of hydrogen-bond acceptors (Lipinski definition) is 7. The Morgan fingerprint density at radius 3 is 2.81 bits per heavy atom. The molecule has 2 aliphatic heterocycles. The minimum atomic E-state index is -0.175. The van der Waals surface area contributed by atoms with Gasteiger partial charge >= 0.3 is 0 Å². The van der Waals surface area contributed by atoms with Crippen LogP contribution in [0.2, 0.25) is 0 Å². The summed E-state index contributed by atoms with van der Waals surface area (Å²) in [6.45, 7) is 3.16. The van der Waals surface area contributed by atoms with E-state index in [-0.39, 0.29) is 5.91 Å². The van der Waals surface area contributed by atoms with Gasteiger partial charge in [-0.25, -0.2) is 0 Å². The zero-order valence-corrected chi connectivity index (χ0v) is 17.8. The van der Waals surface area contributed by atoms with Crippen molar-refractivity contribution in [2.45, 2.75) is 18.9 Å². The Morgan fingerprint density at radius 1 is 1.16 bits per heavy atom. The van der Waals surface area contributed by atoms with Crippen molar-refractivity contribution in [2.24, 2.45) is 0 Å². The maximum atomic E-state index is 12.8. The molecule has 0 unspecified atom stereocenters. The molecule has 162 valence electrons. The van der Waals surface area contributed by atoms with Crippen molar-refractivity contribution in [3.8, 4) is 5.75 Å². The summed E-state index contributed by atoms with van der Waals surface area (Å²) in [7, 11) is 3.75. The maximum absolute atomic E-state index is 12.8. The molecule has 0 atom stereocenters. The summed E-state index contributed by atoms with van der Waals surface area (Å²) >= 11 is 0. The van der Waals surface area contributed by atoms with Crippen molar-refractivity contribution in [2.75, 3.05) is 55.5 Å². The first-order valence-corrected chi connectivity index (χ1v) is 10.6. The molecule has 8 heteroatoms. The lowest BCUT2D eigenvalue weighted by Gasteiger charge is -2.29. The Bertz CT molecular complexity index is 1100. The molecule has 1 saturated heterocycles. The first-order chi connectivity index (χ1) is 15.1. The molecule has 0 bridgehead atoms. The van der Waals surface area contributed by atoms with Gasteiger partial charge in [-0.05, 0) is 49.2 Å². The van der Waals surface area contributed by atoms with Crippen LogP contribution in [0.15, 0.2) is 40.8 Å². The Kier molecular flexibility index (Phi) is 5.15. The predicted octanol–water partition coefficient (Wildman–Crippen LogP) is 3.52. The molecule has 1 N–H and O–H groups in total. The average Bonchev–Trinajstić information content (AvgIpc) is 3.22. The number of nitrogens with one attached hydrogen (secondary N) is 1. The number of ether oxygens (including phenoxy) is 2. The third-order valence-electron chi connectivity index (χ3n) is 6.00. The van der Waals surface area contributed by atoms with E-state index in [1.165, 1.54) is 0 Å². The van der Waals surface area contributed by atoms with E-state index in [1.54, 1.807) is 13.2 Å². The van der Waals surface area contributed by atoms with Crippen LogP contribution >= 0.6 is 0 Å². The smallest absolute Gasteiger partial charge is 0.298 e. The van der Waals surface area contributed by atoms with Crippen molar-refractivity contribution >= 4 is 34.4 Å². The van der Waals surface area contributed by atoms with E-state index in [1.807, 2.05) is 37.4 Å². The topological polar surface area (TPSA) is 80.1 Å². The van der Waals surface area contributed by atoms with Gasteiger partial charge in [-0.15, -0.1) is 0 Å². The highest BCUT2D eigenvalue weighted by Crippen LogP contribution is 2.32. The van der Waals surface area contributed by atoms with E-state index in [4.69, 9.17) is 13.9 Å². The van der Waals surface area contributed by atoms with Crippen LogP contribution in [0, 0.1) is 0 Å². The molecule has 0 aliphatic carbocycles. The van der Waals surface area contributed by atoms with E-state index in [0.29, 0.717) is 35.6 Å². The minimum absolute atomic E-state index is 0.175. The second-order valence-corrected chi connectivity index (χ2v) is 8.01. The van der Waals surface area contributed by atoms with Gasteiger partial charge in [0.2, 0.25) is 0 Å². The third-order valence-corrected chi connectivity index (χ3v) is 6.00. The molecular weight excluding hydrogens is 396 g/mol. The number of piperidine rings is 1. The number of anilines is 3. The third kappa shape index (κ3) is 3.90. The molecule has 5 rings (SSSR count). The lowest BCUT2D eigenvalue weighted by atomic mass is 10.1. The van der Waals surface area contributed by atoms with Gasteiger partial charge in [0.15, 0.2) is 5.58 Å². The summed E-state index contributed by atoms with van der Waals surface area (Å²) in [6, 6.07) is 11.6. The zero-order chi connectivity index (χ0) is 21.4. The van der Waals surface area contributed by atoms with E-state index >= 15 is 0 Å². The fourth-order valence-corrected chi connectivity index (χ4v) is 4.11. The van der Waals surface area contributed by atoms with Crippen molar-refractivity contribution < 1.29 is 18.7 Å². The molecule has 8 nitrogen and oxygen atoms in total. The van der Waals surface area contributed by atoms with Crippen molar-refractivity contribution in [1.29, 1.82) is 0 Å². The lowest BCUT2D eigenvalue weighted by Crippen LogP contribution is -2.36. The molecule has 2 aromatic carbocycles. The summed E-state index contributed by atoms with van der Waals surface area (Å²) in [5, 5.41) is 2.96. The van der Waals surface area contributed by atoms with Crippen molar-refractivity contribution in [3.05, 3.63) is 42.0 Å². The van der Waals surface area contributed by atoms with Crippen LogP contribution < -0.4 is 19.9 Å². The highest BCUT2D eigenvalue weighted by atomic mass is 16.5. The summed E-state index contributed by atoms with van der Waals surface area (Å²) in [5.74, 6) is 0.628. The van der Waals surface area contributed by atoms with Gasteiger partial charge in [0.25, 0.3) is 11.9 Å². The first-order valence-electron chi connectivity index (χ1n) is 10.6. The summed E-state index contributed by atoms with van der Waals surface area (Å²) in [6.07, 6.45) is 2.21. The minimum Gasteiger partial charge on any atom is -0.490 e. The van der Waals surface area contributed by atoms with Crippen LogP contribution in [0.5, 0.6) is 5.75 Å². The quantitative estimate of drug-likeness (QED) is 0.689. The Labute approximate surface area is 180 Å². The summed E-state index contributed by atoms with van der Waals surface area (Å²) in [5.41, 5.74) is 3.61. The molecule has 0 saturated carbocycles. The lowest BCUT2D eigenvalue weighted by molar-refractivity contribution is 0.0811. The highest BCUT2D eigenvalue weighted by Gasteiger charge is 2.23. The number of aromatic nitrogens is 1.